The van der Waals surface area contributed by atoms with Crippen LogP contribution >= 0.6 is 0 Å². The van der Waals surface area contributed by atoms with Crippen LogP contribution in [0, 0.1) is 11.3 Å². The Morgan fingerprint density at radius 2 is 2.11 bits per heavy atom. The van der Waals surface area contributed by atoms with Crippen LogP contribution in [0.5, 0.6) is 0 Å². The molecule has 1 aliphatic carbocycles. The van der Waals surface area contributed by atoms with E-state index in [0.717, 1.165) is 19.0 Å². The summed E-state index contributed by atoms with van der Waals surface area (Å²) in [6.07, 6.45) is 4.81. The third-order valence-corrected chi connectivity index (χ3v) is 4.59. The third-order valence-electron chi connectivity index (χ3n) is 4.59. The number of nitrogens with one attached hydrogen (secondary N) is 2. The molecule has 2 aromatic rings. The molecule has 1 heterocycles. The first kappa shape index (κ1) is 11.8. The maximum Gasteiger partial charge on any atom is 0.0457 e. The van der Waals surface area contributed by atoms with Crippen LogP contribution in [0.15, 0.2) is 30.5 Å². The third kappa shape index (κ3) is 2.05. The summed E-state index contributed by atoms with van der Waals surface area (Å²) in [5.74, 6) is 0.799. The molecule has 1 saturated carbocycles. The second-order valence-corrected chi connectivity index (χ2v) is 5.98. The van der Waals surface area contributed by atoms with E-state index in [1.807, 2.05) is 6.20 Å². The number of H-pyrrole nitrogens is 1. The first-order chi connectivity index (χ1) is 8.71. The molecule has 18 heavy (non-hydrogen) atoms. The minimum atomic E-state index is 0.589. The SMILES string of the molecule is CC(C)C1(CNCc2cccc3[nH]ccc23)CC1. The van der Waals surface area contributed by atoms with E-state index in [0.29, 0.717) is 5.41 Å². The number of benzene rings is 1. The summed E-state index contributed by atoms with van der Waals surface area (Å²) in [5, 5.41) is 5.00. The quantitative estimate of drug-likeness (QED) is 0.822. The summed E-state index contributed by atoms with van der Waals surface area (Å²) in [7, 11) is 0. The molecule has 1 aromatic carbocycles. The van der Waals surface area contributed by atoms with Gasteiger partial charge in [0.15, 0.2) is 0 Å². The molecule has 2 nitrogen and oxygen atoms in total. The Labute approximate surface area is 109 Å². The minimum absolute atomic E-state index is 0.589. The van der Waals surface area contributed by atoms with Crippen molar-refractivity contribution in [3.05, 3.63) is 36.0 Å². The number of rotatable bonds is 5. The average Bonchev–Trinajstić information content (AvgIpc) is 2.99. The van der Waals surface area contributed by atoms with Gasteiger partial charge in [0.05, 0.1) is 0 Å². The molecule has 1 aromatic heterocycles. The molecule has 0 amide bonds. The average molecular weight is 242 g/mol. The van der Waals surface area contributed by atoms with Crippen molar-refractivity contribution in [1.82, 2.24) is 10.3 Å². The number of hydrogen-bond acceptors (Lipinski definition) is 1. The Balaban J connectivity index is 1.65. The smallest absolute Gasteiger partial charge is 0.0457 e. The molecule has 0 saturated heterocycles. The number of aromatic amines is 1. The van der Waals surface area contributed by atoms with Crippen LogP contribution in [0.25, 0.3) is 10.9 Å². The second-order valence-electron chi connectivity index (χ2n) is 5.98. The van der Waals surface area contributed by atoms with E-state index in [9.17, 15) is 0 Å². The standard InChI is InChI=1S/C16H22N2/c1-12(2)16(7-8-16)11-17-10-13-4-3-5-15-14(13)6-9-18-15/h3-6,9,12,17-18H,7-8,10-11H2,1-2H3. The van der Waals surface area contributed by atoms with Gasteiger partial charge in [-0.15, -0.1) is 0 Å². The summed E-state index contributed by atoms with van der Waals surface area (Å²) >= 11 is 0. The molecule has 2 heteroatoms. The first-order valence-corrected chi connectivity index (χ1v) is 6.97. The molecule has 3 rings (SSSR count). The van der Waals surface area contributed by atoms with E-state index in [-0.39, 0.29) is 0 Å². The maximum atomic E-state index is 3.65. The molecular formula is C16H22N2. The zero-order valence-corrected chi connectivity index (χ0v) is 11.3. The van der Waals surface area contributed by atoms with Crippen molar-refractivity contribution in [2.24, 2.45) is 11.3 Å². The van der Waals surface area contributed by atoms with Crippen LogP contribution in [0.1, 0.15) is 32.3 Å². The Kier molecular flexibility index (Phi) is 2.90. The van der Waals surface area contributed by atoms with E-state index in [2.05, 4.69) is 48.4 Å². The van der Waals surface area contributed by atoms with Crippen molar-refractivity contribution in [1.29, 1.82) is 0 Å². The summed E-state index contributed by atoms with van der Waals surface area (Å²) in [4.78, 5) is 3.27. The largest absolute Gasteiger partial charge is 0.361 e. The molecule has 2 N–H and O–H groups in total. The van der Waals surface area contributed by atoms with Crippen molar-refractivity contribution in [3.8, 4) is 0 Å². The van der Waals surface area contributed by atoms with E-state index in [4.69, 9.17) is 0 Å². The van der Waals surface area contributed by atoms with Gasteiger partial charge in [0.1, 0.15) is 0 Å². The lowest BCUT2D eigenvalue weighted by molar-refractivity contribution is 0.338. The molecule has 1 aliphatic rings. The lowest BCUT2D eigenvalue weighted by Gasteiger charge is -2.20. The highest BCUT2D eigenvalue weighted by molar-refractivity contribution is 5.82. The Bertz CT molecular complexity index is 535. The molecule has 0 spiro atoms. The fraction of sp³-hybridized carbons (Fsp3) is 0.500. The summed E-state index contributed by atoms with van der Waals surface area (Å²) in [5.41, 5.74) is 3.22. The highest BCUT2D eigenvalue weighted by Crippen LogP contribution is 2.51. The van der Waals surface area contributed by atoms with Gasteiger partial charge in [0, 0.05) is 30.2 Å². The lowest BCUT2D eigenvalue weighted by Crippen LogP contribution is -2.27. The van der Waals surface area contributed by atoms with Crippen molar-refractivity contribution < 1.29 is 0 Å². The van der Waals surface area contributed by atoms with E-state index < -0.39 is 0 Å². The second kappa shape index (κ2) is 4.43. The molecular weight excluding hydrogens is 220 g/mol. The van der Waals surface area contributed by atoms with Crippen LogP contribution in [-0.2, 0) is 6.54 Å². The molecule has 0 atom stereocenters. The Morgan fingerprint density at radius 1 is 1.28 bits per heavy atom. The first-order valence-electron chi connectivity index (χ1n) is 6.97. The van der Waals surface area contributed by atoms with Crippen LogP contribution in [0.2, 0.25) is 0 Å². The van der Waals surface area contributed by atoms with Crippen LogP contribution in [0.4, 0.5) is 0 Å². The van der Waals surface area contributed by atoms with E-state index >= 15 is 0 Å². The highest BCUT2D eigenvalue weighted by atomic mass is 14.9. The van der Waals surface area contributed by atoms with Gasteiger partial charge in [-0.25, -0.2) is 0 Å². The summed E-state index contributed by atoms with van der Waals surface area (Å²) in [6.45, 7) is 6.83. The van der Waals surface area contributed by atoms with Crippen molar-refractivity contribution in [3.63, 3.8) is 0 Å². The van der Waals surface area contributed by atoms with Gasteiger partial charge in [0.25, 0.3) is 0 Å². The highest BCUT2D eigenvalue weighted by Gasteiger charge is 2.44. The number of aromatic nitrogens is 1. The van der Waals surface area contributed by atoms with Gasteiger partial charge in [-0.1, -0.05) is 26.0 Å². The van der Waals surface area contributed by atoms with Crippen LogP contribution in [-0.4, -0.2) is 11.5 Å². The monoisotopic (exact) mass is 242 g/mol. The van der Waals surface area contributed by atoms with Crippen molar-refractivity contribution in [2.45, 2.75) is 33.2 Å². The van der Waals surface area contributed by atoms with Gasteiger partial charge in [0.2, 0.25) is 0 Å². The maximum absolute atomic E-state index is 3.65. The van der Waals surface area contributed by atoms with Crippen LogP contribution < -0.4 is 5.32 Å². The van der Waals surface area contributed by atoms with Gasteiger partial charge < -0.3 is 10.3 Å². The Hall–Kier alpha value is -1.28. The topological polar surface area (TPSA) is 27.8 Å². The predicted molar refractivity (Wildman–Crippen MR) is 76.5 cm³/mol. The number of hydrogen-bond donors (Lipinski definition) is 2. The normalized spacial score (nSPS) is 17.5. The molecule has 1 fully saturated rings. The summed E-state index contributed by atoms with van der Waals surface area (Å²) in [6, 6.07) is 8.65. The fourth-order valence-corrected chi connectivity index (χ4v) is 2.87. The molecule has 0 bridgehead atoms. The molecule has 0 unspecified atom stereocenters. The van der Waals surface area contributed by atoms with Gasteiger partial charge in [-0.3, -0.25) is 0 Å². The lowest BCUT2D eigenvalue weighted by atomic mass is 9.92. The van der Waals surface area contributed by atoms with E-state index in [1.54, 1.807) is 0 Å². The van der Waals surface area contributed by atoms with Gasteiger partial charge in [-0.05, 0) is 41.9 Å². The van der Waals surface area contributed by atoms with Crippen molar-refractivity contribution >= 4 is 10.9 Å². The zero-order chi connectivity index (χ0) is 12.6. The van der Waals surface area contributed by atoms with Gasteiger partial charge in [-0.2, -0.15) is 0 Å². The predicted octanol–water partition coefficient (Wildman–Crippen LogP) is 3.69. The summed E-state index contributed by atoms with van der Waals surface area (Å²) < 4.78 is 0. The molecule has 96 valence electrons. The fourth-order valence-electron chi connectivity index (χ4n) is 2.87. The van der Waals surface area contributed by atoms with Crippen molar-refractivity contribution in [2.75, 3.05) is 6.54 Å². The number of fused-ring (bicyclic) bond motifs is 1. The van der Waals surface area contributed by atoms with E-state index in [1.165, 1.54) is 29.3 Å². The Morgan fingerprint density at radius 3 is 2.83 bits per heavy atom. The molecule has 0 radical (unpaired) electrons. The minimum Gasteiger partial charge on any atom is -0.361 e. The molecule has 0 aliphatic heterocycles. The zero-order valence-electron chi connectivity index (χ0n) is 11.3. The van der Waals surface area contributed by atoms with Gasteiger partial charge >= 0.3 is 0 Å². The van der Waals surface area contributed by atoms with Crippen LogP contribution in [0.3, 0.4) is 0 Å².